The maximum absolute atomic E-state index is 2.38. The minimum atomic E-state index is 0.645. The average Bonchev–Trinajstić information content (AvgIpc) is 2.91. The summed E-state index contributed by atoms with van der Waals surface area (Å²) in [4.78, 5) is 3.85. The van der Waals surface area contributed by atoms with E-state index < -0.39 is 0 Å². The van der Waals surface area contributed by atoms with Gasteiger partial charge in [0, 0.05) is 35.8 Å². The maximum Gasteiger partial charge on any atom is 0.0363 e. The zero-order chi connectivity index (χ0) is 13.9. The number of benzene rings is 2. The zero-order valence-corrected chi connectivity index (χ0v) is 13.0. The van der Waals surface area contributed by atoms with Gasteiger partial charge < -0.3 is 4.90 Å². The molecule has 2 aromatic rings. The van der Waals surface area contributed by atoms with Gasteiger partial charge >= 0.3 is 0 Å². The molecule has 0 spiro atoms. The van der Waals surface area contributed by atoms with Crippen molar-refractivity contribution < 1.29 is 0 Å². The summed E-state index contributed by atoms with van der Waals surface area (Å²) in [5.41, 5.74) is 4.25. The van der Waals surface area contributed by atoms with Gasteiger partial charge in [-0.2, -0.15) is 0 Å². The summed E-state index contributed by atoms with van der Waals surface area (Å²) >= 11 is 1.99. The van der Waals surface area contributed by atoms with Gasteiger partial charge in [-0.1, -0.05) is 37.3 Å². The number of aryl methyl sites for hydroxylation is 1. The van der Waals surface area contributed by atoms with Crippen LogP contribution in [0.4, 0.5) is 5.69 Å². The first-order valence-corrected chi connectivity index (χ1v) is 8.28. The molecule has 1 aliphatic heterocycles. The second-order valence-electron chi connectivity index (χ2n) is 5.45. The van der Waals surface area contributed by atoms with E-state index in [-0.39, 0.29) is 0 Å². The number of fused-ring (bicyclic) bond motifs is 1. The number of anilines is 1. The second-order valence-corrected chi connectivity index (χ2v) is 6.51. The largest absolute Gasteiger partial charge is 0.374 e. The summed E-state index contributed by atoms with van der Waals surface area (Å²) in [6.45, 7) is 3.29. The molecule has 1 aliphatic rings. The Bertz CT molecular complexity index is 576. The fourth-order valence-corrected chi connectivity index (χ4v) is 4.04. The Morgan fingerprint density at radius 2 is 1.85 bits per heavy atom. The molecule has 1 nitrogen and oxygen atoms in total. The molecule has 0 N–H and O–H groups in total. The van der Waals surface area contributed by atoms with E-state index in [0.717, 1.165) is 13.0 Å². The van der Waals surface area contributed by atoms with Crippen LogP contribution >= 0.6 is 11.8 Å². The van der Waals surface area contributed by atoms with Gasteiger partial charge in [0.25, 0.3) is 0 Å². The SMILES string of the molecule is CCc1ccc(N(C)CC2CSc3ccccc32)cc1. The number of nitrogens with zero attached hydrogens (tertiary/aromatic N) is 1. The Labute approximate surface area is 126 Å². The van der Waals surface area contributed by atoms with E-state index in [1.54, 1.807) is 0 Å². The molecule has 0 radical (unpaired) electrons. The van der Waals surface area contributed by atoms with Crippen LogP contribution in [0.2, 0.25) is 0 Å². The Balaban J connectivity index is 1.71. The fourth-order valence-electron chi connectivity index (χ4n) is 2.80. The Hall–Kier alpha value is -1.41. The second kappa shape index (κ2) is 5.92. The third-order valence-electron chi connectivity index (χ3n) is 4.08. The topological polar surface area (TPSA) is 3.24 Å². The van der Waals surface area contributed by atoms with E-state index in [9.17, 15) is 0 Å². The molecule has 3 rings (SSSR count). The van der Waals surface area contributed by atoms with Crippen molar-refractivity contribution in [1.29, 1.82) is 0 Å². The van der Waals surface area contributed by atoms with Gasteiger partial charge in [0.2, 0.25) is 0 Å². The third kappa shape index (κ3) is 2.71. The number of hydrogen-bond acceptors (Lipinski definition) is 2. The van der Waals surface area contributed by atoms with E-state index in [1.165, 1.54) is 27.5 Å². The highest BCUT2D eigenvalue weighted by Crippen LogP contribution is 2.39. The summed E-state index contributed by atoms with van der Waals surface area (Å²) in [7, 11) is 2.20. The zero-order valence-electron chi connectivity index (χ0n) is 12.2. The predicted octanol–water partition coefficient (Wildman–Crippen LogP) is 4.57. The van der Waals surface area contributed by atoms with Crippen molar-refractivity contribution in [3.8, 4) is 0 Å². The lowest BCUT2D eigenvalue weighted by Crippen LogP contribution is -2.24. The summed E-state index contributed by atoms with van der Waals surface area (Å²) < 4.78 is 0. The van der Waals surface area contributed by atoms with Crippen molar-refractivity contribution in [2.75, 3.05) is 24.2 Å². The highest BCUT2D eigenvalue weighted by atomic mass is 32.2. The van der Waals surface area contributed by atoms with Crippen molar-refractivity contribution in [2.24, 2.45) is 0 Å². The third-order valence-corrected chi connectivity index (χ3v) is 5.33. The summed E-state index contributed by atoms with van der Waals surface area (Å²) in [6, 6.07) is 17.8. The molecular weight excluding hydrogens is 262 g/mol. The molecule has 0 bridgehead atoms. The summed E-state index contributed by atoms with van der Waals surface area (Å²) in [5, 5.41) is 0. The van der Waals surface area contributed by atoms with Crippen LogP contribution in [0, 0.1) is 0 Å². The van der Waals surface area contributed by atoms with Crippen molar-refractivity contribution in [1.82, 2.24) is 0 Å². The van der Waals surface area contributed by atoms with Crippen LogP contribution in [0.1, 0.15) is 24.0 Å². The molecule has 2 aromatic carbocycles. The van der Waals surface area contributed by atoms with Gasteiger partial charge in [0.1, 0.15) is 0 Å². The molecule has 0 aliphatic carbocycles. The van der Waals surface area contributed by atoms with E-state index in [0.29, 0.717) is 5.92 Å². The molecule has 0 saturated carbocycles. The lowest BCUT2D eigenvalue weighted by atomic mass is 10.0. The normalized spacial score (nSPS) is 17.0. The molecule has 0 aromatic heterocycles. The molecule has 1 unspecified atom stereocenters. The van der Waals surface area contributed by atoms with Crippen LogP contribution in [0.15, 0.2) is 53.4 Å². The van der Waals surface area contributed by atoms with Crippen LogP contribution in [0.3, 0.4) is 0 Å². The molecule has 1 heterocycles. The van der Waals surface area contributed by atoms with E-state index in [4.69, 9.17) is 0 Å². The summed E-state index contributed by atoms with van der Waals surface area (Å²) in [6.07, 6.45) is 1.11. The first-order valence-electron chi connectivity index (χ1n) is 7.29. The molecule has 2 heteroatoms. The first kappa shape index (κ1) is 13.6. The lowest BCUT2D eigenvalue weighted by molar-refractivity contribution is 0.745. The Kier molecular flexibility index (Phi) is 4.02. The van der Waals surface area contributed by atoms with Crippen molar-refractivity contribution in [3.63, 3.8) is 0 Å². The van der Waals surface area contributed by atoms with Crippen LogP contribution in [0.5, 0.6) is 0 Å². The minimum Gasteiger partial charge on any atom is -0.374 e. The minimum absolute atomic E-state index is 0.645. The van der Waals surface area contributed by atoms with Gasteiger partial charge in [0.15, 0.2) is 0 Å². The Morgan fingerprint density at radius 1 is 1.10 bits per heavy atom. The monoisotopic (exact) mass is 283 g/mol. The number of thioether (sulfide) groups is 1. The lowest BCUT2D eigenvalue weighted by Gasteiger charge is -2.23. The van der Waals surface area contributed by atoms with Crippen molar-refractivity contribution >= 4 is 17.4 Å². The maximum atomic E-state index is 2.38. The van der Waals surface area contributed by atoms with E-state index in [1.807, 2.05) is 11.8 Å². The van der Waals surface area contributed by atoms with Crippen molar-refractivity contribution in [2.45, 2.75) is 24.2 Å². The first-order chi connectivity index (χ1) is 9.78. The number of hydrogen-bond donors (Lipinski definition) is 0. The smallest absolute Gasteiger partial charge is 0.0363 e. The predicted molar refractivity (Wildman–Crippen MR) is 89.0 cm³/mol. The average molecular weight is 283 g/mol. The number of likely N-dealkylation sites (N-methyl/N-ethyl adjacent to an activating group) is 1. The summed E-state index contributed by atoms with van der Waals surface area (Å²) in [5.74, 6) is 1.85. The van der Waals surface area contributed by atoms with Gasteiger partial charge in [-0.15, -0.1) is 11.8 Å². The molecule has 0 amide bonds. The molecule has 0 saturated heterocycles. The quantitative estimate of drug-likeness (QED) is 0.808. The van der Waals surface area contributed by atoms with E-state index >= 15 is 0 Å². The van der Waals surface area contributed by atoms with Gasteiger partial charge in [-0.3, -0.25) is 0 Å². The molecule has 1 atom stereocenters. The standard InChI is InChI=1S/C18H21NS/c1-3-14-8-10-16(11-9-14)19(2)12-15-13-20-18-7-5-4-6-17(15)18/h4-11,15H,3,12-13H2,1-2H3. The van der Waals surface area contributed by atoms with Gasteiger partial charge in [-0.25, -0.2) is 0 Å². The van der Waals surface area contributed by atoms with Crippen LogP contribution < -0.4 is 4.90 Å². The van der Waals surface area contributed by atoms with Crippen LogP contribution in [0.25, 0.3) is 0 Å². The van der Waals surface area contributed by atoms with E-state index in [2.05, 4.69) is 67.4 Å². The Morgan fingerprint density at radius 3 is 2.60 bits per heavy atom. The van der Waals surface area contributed by atoms with Crippen molar-refractivity contribution in [3.05, 3.63) is 59.7 Å². The highest BCUT2D eigenvalue weighted by Gasteiger charge is 2.23. The van der Waals surface area contributed by atoms with Crippen LogP contribution in [-0.4, -0.2) is 19.3 Å². The molecule has 20 heavy (non-hydrogen) atoms. The molecule has 104 valence electrons. The number of rotatable bonds is 4. The van der Waals surface area contributed by atoms with Gasteiger partial charge in [0.05, 0.1) is 0 Å². The molecule has 0 fully saturated rings. The van der Waals surface area contributed by atoms with Gasteiger partial charge in [-0.05, 0) is 35.7 Å². The fraction of sp³-hybridized carbons (Fsp3) is 0.333. The molecular formula is C18H21NS. The highest BCUT2D eigenvalue weighted by molar-refractivity contribution is 7.99. The van der Waals surface area contributed by atoms with Crippen LogP contribution in [-0.2, 0) is 6.42 Å².